The Morgan fingerprint density at radius 1 is 1.59 bits per heavy atom. The van der Waals surface area contributed by atoms with Crippen molar-refractivity contribution in [2.45, 2.75) is 33.3 Å². The number of carbonyl (C=O) groups is 1. The van der Waals surface area contributed by atoms with Gasteiger partial charge in [0.25, 0.3) is 5.91 Å². The number of nitrogens with two attached hydrogens (primary N) is 1. The van der Waals surface area contributed by atoms with E-state index in [2.05, 4.69) is 4.98 Å². The molecule has 17 heavy (non-hydrogen) atoms. The fourth-order valence-corrected chi connectivity index (χ4v) is 2.36. The normalized spacial score (nSPS) is 11.6. The van der Waals surface area contributed by atoms with Crippen LogP contribution in [-0.2, 0) is 0 Å². The standard InChI is InChI=1S/C11H19N3O2S/c1-5-14(6-11(3,4)16)9(15)8-7(2)13-10(12)17-8/h16H,5-6H2,1-4H3,(H2,12,13). The van der Waals surface area contributed by atoms with E-state index in [1.54, 1.807) is 25.7 Å². The van der Waals surface area contributed by atoms with Crippen LogP contribution in [0.5, 0.6) is 0 Å². The van der Waals surface area contributed by atoms with Crippen LogP contribution >= 0.6 is 11.3 Å². The van der Waals surface area contributed by atoms with Gasteiger partial charge in [0.05, 0.1) is 11.3 Å². The second kappa shape index (κ2) is 5.01. The quantitative estimate of drug-likeness (QED) is 0.851. The first-order chi connectivity index (χ1) is 7.74. The Morgan fingerprint density at radius 2 is 2.18 bits per heavy atom. The molecule has 0 saturated heterocycles. The molecule has 0 aliphatic carbocycles. The van der Waals surface area contributed by atoms with Gasteiger partial charge in [0, 0.05) is 13.1 Å². The molecule has 1 heterocycles. The van der Waals surface area contributed by atoms with Crippen molar-refractivity contribution in [2.24, 2.45) is 0 Å². The van der Waals surface area contributed by atoms with Crippen molar-refractivity contribution in [1.29, 1.82) is 0 Å². The first-order valence-corrected chi connectivity index (χ1v) is 6.31. The minimum atomic E-state index is -0.907. The number of nitrogen functional groups attached to an aromatic ring is 1. The lowest BCUT2D eigenvalue weighted by Crippen LogP contribution is -2.42. The lowest BCUT2D eigenvalue weighted by molar-refractivity contribution is 0.0316. The Morgan fingerprint density at radius 3 is 2.53 bits per heavy atom. The molecule has 96 valence electrons. The Balaban J connectivity index is 2.90. The summed E-state index contributed by atoms with van der Waals surface area (Å²) in [6.45, 7) is 7.83. The Bertz CT molecular complexity index is 409. The number of aliphatic hydroxyl groups is 1. The van der Waals surface area contributed by atoms with Crippen LogP contribution in [0, 0.1) is 6.92 Å². The molecule has 1 aromatic heterocycles. The second-order valence-corrected chi connectivity index (χ2v) is 5.63. The van der Waals surface area contributed by atoms with Gasteiger partial charge >= 0.3 is 0 Å². The maximum atomic E-state index is 12.2. The van der Waals surface area contributed by atoms with Crippen LogP contribution in [0.1, 0.15) is 36.1 Å². The lowest BCUT2D eigenvalue weighted by atomic mass is 10.1. The fourth-order valence-electron chi connectivity index (χ4n) is 1.55. The van der Waals surface area contributed by atoms with E-state index in [1.807, 2.05) is 6.92 Å². The molecular formula is C11H19N3O2S. The lowest BCUT2D eigenvalue weighted by Gasteiger charge is -2.27. The van der Waals surface area contributed by atoms with E-state index in [1.165, 1.54) is 11.3 Å². The van der Waals surface area contributed by atoms with E-state index >= 15 is 0 Å². The summed E-state index contributed by atoms with van der Waals surface area (Å²) < 4.78 is 0. The summed E-state index contributed by atoms with van der Waals surface area (Å²) in [5.41, 5.74) is 5.31. The molecule has 0 radical (unpaired) electrons. The molecule has 0 fully saturated rings. The molecule has 0 bridgehead atoms. The minimum absolute atomic E-state index is 0.124. The van der Waals surface area contributed by atoms with Gasteiger partial charge in [-0.25, -0.2) is 4.98 Å². The van der Waals surface area contributed by atoms with Gasteiger partial charge in [0.1, 0.15) is 4.88 Å². The summed E-state index contributed by atoms with van der Waals surface area (Å²) in [5.74, 6) is -0.124. The fraction of sp³-hybridized carbons (Fsp3) is 0.636. The van der Waals surface area contributed by atoms with Gasteiger partial charge in [-0.1, -0.05) is 11.3 Å². The van der Waals surface area contributed by atoms with Crippen LogP contribution in [-0.4, -0.2) is 39.6 Å². The highest BCUT2D eigenvalue weighted by molar-refractivity contribution is 7.17. The van der Waals surface area contributed by atoms with Crippen LogP contribution in [0.25, 0.3) is 0 Å². The number of thiazole rings is 1. The third-order valence-corrected chi connectivity index (χ3v) is 3.23. The Hall–Kier alpha value is -1.14. The zero-order valence-corrected chi connectivity index (χ0v) is 11.5. The maximum Gasteiger partial charge on any atom is 0.266 e. The van der Waals surface area contributed by atoms with Crippen molar-refractivity contribution in [3.63, 3.8) is 0 Å². The first-order valence-electron chi connectivity index (χ1n) is 5.49. The summed E-state index contributed by atoms with van der Waals surface area (Å²) in [4.78, 5) is 18.4. The largest absolute Gasteiger partial charge is 0.389 e. The smallest absolute Gasteiger partial charge is 0.266 e. The molecule has 0 atom stereocenters. The molecular weight excluding hydrogens is 238 g/mol. The molecule has 0 spiro atoms. The molecule has 1 rings (SSSR count). The molecule has 6 heteroatoms. The van der Waals surface area contributed by atoms with E-state index in [4.69, 9.17) is 5.73 Å². The van der Waals surface area contributed by atoms with E-state index in [9.17, 15) is 9.90 Å². The third-order valence-electron chi connectivity index (χ3n) is 2.25. The topological polar surface area (TPSA) is 79.5 Å². The third kappa shape index (κ3) is 3.67. The van der Waals surface area contributed by atoms with Crippen LogP contribution in [0.3, 0.4) is 0 Å². The molecule has 1 amide bonds. The van der Waals surface area contributed by atoms with Crippen LogP contribution in [0.15, 0.2) is 0 Å². The van der Waals surface area contributed by atoms with E-state index < -0.39 is 5.60 Å². The van der Waals surface area contributed by atoms with Crippen molar-refractivity contribution in [1.82, 2.24) is 9.88 Å². The number of aromatic nitrogens is 1. The maximum absolute atomic E-state index is 12.2. The van der Waals surface area contributed by atoms with E-state index in [0.717, 1.165) is 0 Å². The summed E-state index contributed by atoms with van der Waals surface area (Å²) in [6, 6.07) is 0. The molecule has 0 aliphatic rings. The molecule has 0 aromatic carbocycles. The summed E-state index contributed by atoms with van der Waals surface area (Å²) in [5, 5.41) is 10.2. The Kier molecular flexibility index (Phi) is 4.11. The van der Waals surface area contributed by atoms with Gasteiger partial charge in [-0.05, 0) is 27.7 Å². The summed E-state index contributed by atoms with van der Waals surface area (Å²) >= 11 is 1.19. The van der Waals surface area contributed by atoms with Gasteiger partial charge in [0.15, 0.2) is 5.13 Å². The number of nitrogens with zero attached hydrogens (tertiary/aromatic N) is 2. The molecule has 0 unspecified atom stereocenters. The highest BCUT2D eigenvalue weighted by Crippen LogP contribution is 2.22. The predicted octanol–water partition coefficient (Wildman–Crippen LogP) is 1.27. The van der Waals surface area contributed by atoms with Crippen molar-refractivity contribution >= 4 is 22.4 Å². The van der Waals surface area contributed by atoms with Gasteiger partial charge in [-0.3, -0.25) is 4.79 Å². The molecule has 3 N–H and O–H groups in total. The minimum Gasteiger partial charge on any atom is -0.389 e. The number of likely N-dealkylation sites (N-methyl/N-ethyl adjacent to an activating group) is 1. The highest BCUT2D eigenvalue weighted by Gasteiger charge is 2.24. The van der Waals surface area contributed by atoms with Gasteiger partial charge < -0.3 is 15.7 Å². The predicted molar refractivity (Wildman–Crippen MR) is 69.1 cm³/mol. The number of rotatable bonds is 4. The van der Waals surface area contributed by atoms with Crippen LogP contribution in [0.4, 0.5) is 5.13 Å². The SMILES string of the molecule is CCN(CC(C)(C)O)C(=O)c1sc(N)nc1C. The van der Waals surface area contributed by atoms with Crippen molar-refractivity contribution in [3.05, 3.63) is 10.6 Å². The zero-order chi connectivity index (χ0) is 13.2. The van der Waals surface area contributed by atoms with E-state index in [0.29, 0.717) is 28.8 Å². The van der Waals surface area contributed by atoms with Crippen molar-refractivity contribution in [3.8, 4) is 0 Å². The van der Waals surface area contributed by atoms with Crippen LogP contribution in [0.2, 0.25) is 0 Å². The number of aryl methyl sites for hydroxylation is 1. The van der Waals surface area contributed by atoms with E-state index in [-0.39, 0.29) is 5.91 Å². The van der Waals surface area contributed by atoms with Gasteiger partial charge in [0.2, 0.25) is 0 Å². The number of hydrogen-bond donors (Lipinski definition) is 2. The highest BCUT2D eigenvalue weighted by atomic mass is 32.1. The van der Waals surface area contributed by atoms with Crippen molar-refractivity contribution in [2.75, 3.05) is 18.8 Å². The summed E-state index contributed by atoms with van der Waals surface area (Å²) in [7, 11) is 0. The number of hydrogen-bond acceptors (Lipinski definition) is 5. The monoisotopic (exact) mass is 257 g/mol. The number of anilines is 1. The van der Waals surface area contributed by atoms with Crippen LogP contribution < -0.4 is 5.73 Å². The Labute approximate surface area is 105 Å². The average molecular weight is 257 g/mol. The molecule has 5 nitrogen and oxygen atoms in total. The molecule has 1 aromatic rings. The first kappa shape index (κ1) is 13.9. The van der Waals surface area contributed by atoms with Gasteiger partial charge in [-0.2, -0.15) is 0 Å². The average Bonchev–Trinajstić information content (AvgIpc) is 2.52. The van der Waals surface area contributed by atoms with Gasteiger partial charge in [-0.15, -0.1) is 0 Å². The summed E-state index contributed by atoms with van der Waals surface area (Å²) in [6.07, 6.45) is 0. The number of amides is 1. The van der Waals surface area contributed by atoms with Crippen molar-refractivity contribution < 1.29 is 9.90 Å². The second-order valence-electron chi connectivity index (χ2n) is 4.60. The molecule has 0 saturated carbocycles. The number of carbonyl (C=O) groups excluding carboxylic acids is 1. The zero-order valence-electron chi connectivity index (χ0n) is 10.6. The molecule has 0 aliphatic heterocycles.